The number of rotatable bonds is 7. The summed E-state index contributed by atoms with van der Waals surface area (Å²) in [5.74, 6) is 0.453. The summed E-state index contributed by atoms with van der Waals surface area (Å²) in [6, 6.07) is 15.0. The van der Waals surface area contributed by atoms with Gasteiger partial charge in [0, 0.05) is 11.5 Å². The van der Waals surface area contributed by atoms with Gasteiger partial charge in [0.25, 0.3) is 5.56 Å². The maximum atomic E-state index is 12.2. The minimum atomic E-state index is -0.443. The fraction of sp³-hybridized carbons (Fsp3) is 0.250. The second-order valence-corrected chi connectivity index (χ2v) is 5.82. The second-order valence-electron chi connectivity index (χ2n) is 5.82. The molecule has 0 fully saturated rings. The van der Waals surface area contributed by atoms with Crippen LogP contribution in [0.5, 0.6) is 17.2 Å². The van der Waals surface area contributed by atoms with Crippen molar-refractivity contribution in [2.75, 3.05) is 6.61 Å². The van der Waals surface area contributed by atoms with Crippen LogP contribution in [0.3, 0.4) is 0 Å². The van der Waals surface area contributed by atoms with E-state index in [1.54, 1.807) is 18.2 Å². The van der Waals surface area contributed by atoms with Crippen molar-refractivity contribution in [3.05, 3.63) is 64.4 Å². The Bertz CT molecular complexity index is 903. The highest BCUT2D eigenvalue weighted by Gasteiger charge is 2.13. The first-order chi connectivity index (χ1) is 12.2. The summed E-state index contributed by atoms with van der Waals surface area (Å²) in [6.45, 7) is 2.86. The van der Waals surface area contributed by atoms with E-state index in [4.69, 9.17) is 9.47 Å². The first-order valence-electron chi connectivity index (χ1n) is 8.37. The first-order valence-corrected chi connectivity index (χ1v) is 8.37. The Kier molecular flexibility index (Phi) is 5.23. The van der Waals surface area contributed by atoms with E-state index >= 15 is 0 Å². The highest BCUT2D eigenvalue weighted by molar-refractivity contribution is 5.87. The Balaban J connectivity index is 1.83. The molecule has 0 saturated carbocycles. The van der Waals surface area contributed by atoms with Crippen LogP contribution in [-0.4, -0.2) is 16.7 Å². The number of aromatic nitrogens is 1. The summed E-state index contributed by atoms with van der Waals surface area (Å²) in [4.78, 5) is 14.9. The van der Waals surface area contributed by atoms with Crippen molar-refractivity contribution >= 4 is 10.9 Å². The Morgan fingerprint density at radius 1 is 1.08 bits per heavy atom. The van der Waals surface area contributed by atoms with E-state index in [1.165, 1.54) is 0 Å². The van der Waals surface area contributed by atoms with Gasteiger partial charge in [-0.15, -0.1) is 0 Å². The van der Waals surface area contributed by atoms with E-state index in [0.29, 0.717) is 29.9 Å². The third-order valence-electron chi connectivity index (χ3n) is 3.91. The van der Waals surface area contributed by atoms with Gasteiger partial charge in [0.05, 0.1) is 12.1 Å². The molecule has 0 spiro atoms. The van der Waals surface area contributed by atoms with E-state index in [-0.39, 0.29) is 11.5 Å². The predicted molar refractivity (Wildman–Crippen MR) is 97.4 cm³/mol. The van der Waals surface area contributed by atoms with Crippen LogP contribution in [0.1, 0.15) is 25.3 Å². The van der Waals surface area contributed by atoms with Crippen LogP contribution in [0.25, 0.3) is 10.9 Å². The summed E-state index contributed by atoms with van der Waals surface area (Å²) in [5.41, 5.74) is 1.12. The summed E-state index contributed by atoms with van der Waals surface area (Å²) < 4.78 is 11.2. The van der Waals surface area contributed by atoms with Gasteiger partial charge in [-0.05, 0) is 24.1 Å². The van der Waals surface area contributed by atoms with Gasteiger partial charge in [-0.3, -0.25) is 4.79 Å². The molecule has 0 bridgehead atoms. The lowest BCUT2D eigenvalue weighted by molar-refractivity contribution is 0.290. The zero-order valence-corrected chi connectivity index (χ0v) is 14.1. The molecule has 5 heteroatoms. The lowest BCUT2D eigenvalue weighted by Crippen LogP contribution is -2.12. The first kappa shape index (κ1) is 16.9. The van der Waals surface area contributed by atoms with Gasteiger partial charge >= 0.3 is 0 Å². The minimum Gasteiger partial charge on any atom is -0.504 e. The van der Waals surface area contributed by atoms with Gasteiger partial charge in [0.15, 0.2) is 5.75 Å². The standard InChI is InChI=1S/C20H21NO4/c1-2-3-11-24-19-18(22)16-10-9-15(12-17(16)21-20(19)23)25-13-14-7-5-4-6-8-14/h4-10,12H,2-3,11,13H2,1H3,(H2,21,22,23). The number of nitrogens with one attached hydrogen (secondary N) is 1. The van der Waals surface area contributed by atoms with Gasteiger partial charge in [0.2, 0.25) is 5.75 Å². The molecule has 3 aromatic rings. The number of aromatic hydroxyl groups is 1. The van der Waals surface area contributed by atoms with E-state index < -0.39 is 5.56 Å². The molecule has 0 aliphatic rings. The molecule has 1 heterocycles. The number of benzene rings is 2. The molecule has 0 unspecified atom stereocenters. The average Bonchev–Trinajstić information content (AvgIpc) is 2.63. The van der Waals surface area contributed by atoms with Crippen LogP contribution < -0.4 is 15.0 Å². The largest absolute Gasteiger partial charge is 0.504 e. The monoisotopic (exact) mass is 339 g/mol. The van der Waals surface area contributed by atoms with Crippen LogP contribution in [0, 0.1) is 0 Å². The van der Waals surface area contributed by atoms with E-state index in [2.05, 4.69) is 4.98 Å². The van der Waals surface area contributed by atoms with E-state index in [0.717, 1.165) is 18.4 Å². The summed E-state index contributed by atoms with van der Waals surface area (Å²) in [7, 11) is 0. The molecule has 0 aliphatic heterocycles. The van der Waals surface area contributed by atoms with Crippen LogP contribution in [0.15, 0.2) is 53.3 Å². The molecule has 130 valence electrons. The van der Waals surface area contributed by atoms with Gasteiger partial charge in [0.1, 0.15) is 12.4 Å². The fourth-order valence-electron chi connectivity index (χ4n) is 2.53. The molecule has 0 saturated heterocycles. The van der Waals surface area contributed by atoms with Crippen molar-refractivity contribution in [2.24, 2.45) is 0 Å². The maximum absolute atomic E-state index is 12.2. The topological polar surface area (TPSA) is 71.5 Å². The van der Waals surface area contributed by atoms with Gasteiger partial charge < -0.3 is 19.6 Å². The number of hydrogen-bond donors (Lipinski definition) is 2. The number of unbranched alkanes of at least 4 members (excludes halogenated alkanes) is 1. The van der Waals surface area contributed by atoms with Gasteiger partial charge in [-0.1, -0.05) is 43.7 Å². The molecule has 1 aromatic heterocycles. The molecule has 25 heavy (non-hydrogen) atoms. The van der Waals surface area contributed by atoms with Crippen molar-refractivity contribution < 1.29 is 14.6 Å². The van der Waals surface area contributed by atoms with Crippen molar-refractivity contribution in [3.63, 3.8) is 0 Å². The molecule has 3 rings (SSSR count). The molecule has 0 amide bonds. The Hall–Kier alpha value is -2.95. The Morgan fingerprint density at radius 3 is 2.64 bits per heavy atom. The van der Waals surface area contributed by atoms with Crippen molar-refractivity contribution in [1.29, 1.82) is 0 Å². The second kappa shape index (κ2) is 7.75. The van der Waals surface area contributed by atoms with E-state index in [9.17, 15) is 9.90 Å². The van der Waals surface area contributed by atoms with Crippen molar-refractivity contribution in [1.82, 2.24) is 4.98 Å². The smallest absolute Gasteiger partial charge is 0.294 e. The molecule has 0 atom stereocenters. The van der Waals surface area contributed by atoms with Gasteiger partial charge in [-0.25, -0.2) is 0 Å². The third-order valence-corrected chi connectivity index (χ3v) is 3.91. The summed E-state index contributed by atoms with van der Waals surface area (Å²) in [5, 5.41) is 10.9. The average molecular weight is 339 g/mol. The number of aromatic amines is 1. The lowest BCUT2D eigenvalue weighted by atomic mass is 10.2. The van der Waals surface area contributed by atoms with E-state index in [1.807, 2.05) is 37.3 Å². The maximum Gasteiger partial charge on any atom is 0.294 e. The quantitative estimate of drug-likeness (QED) is 0.639. The SMILES string of the molecule is CCCCOc1c(O)c2ccc(OCc3ccccc3)cc2[nH]c1=O. The van der Waals surface area contributed by atoms with Gasteiger partial charge in [-0.2, -0.15) is 0 Å². The van der Waals surface area contributed by atoms with Crippen molar-refractivity contribution in [3.8, 4) is 17.2 Å². The van der Waals surface area contributed by atoms with Crippen LogP contribution in [0.2, 0.25) is 0 Å². The number of ether oxygens (including phenoxy) is 2. The van der Waals surface area contributed by atoms with Crippen LogP contribution >= 0.6 is 0 Å². The zero-order chi connectivity index (χ0) is 17.6. The molecular formula is C20H21NO4. The van der Waals surface area contributed by atoms with Crippen molar-refractivity contribution in [2.45, 2.75) is 26.4 Å². The highest BCUT2D eigenvalue weighted by Crippen LogP contribution is 2.32. The molecule has 5 nitrogen and oxygen atoms in total. The van der Waals surface area contributed by atoms with Crippen LogP contribution in [-0.2, 0) is 6.61 Å². The third kappa shape index (κ3) is 3.94. The number of pyridine rings is 1. The Labute approximate surface area is 145 Å². The fourth-order valence-corrected chi connectivity index (χ4v) is 2.53. The number of H-pyrrole nitrogens is 1. The molecular weight excluding hydrogens is 318 g/mol. The highest BCUT2D eigenvalue weighted by atomic mass is 16.5. The molecule has 0 aliphatic carbocycles. The summed E-state index contributed by atoms with van der Waals surface area (Å²) >= 11 is 0. The summed E-state index contributed by atoms with van der Waals surface area (Å²) in [6.07, 6.45) is 1.78. The molecule has 0 radical (unpaired) electrons. The number of hydrogen-bond acceptors (Lipinski definition) is 4. The minimum absolute atomic E-state index is 0.0288. The zero-order valence-electron chi connectivity index (χ0n) is 14.1. The lowest BCUT2D eigenvalue weighted by Gasteiger charge is -2.11. The van der Waals surface area contributed by atoms with Crippen LogP contribution in [0.4, 0.5) is 0 Å². The Morgan fingerprint density at radius 2 is 1.88 bits per heavy atom. The number of fused-ring (bicyclic) bond motifs is 1. The normalized spacial score (nSPS) is 10.8. The molecule has 2 N–H and O–H groups in total. The predicted octanol–water partition coefficient (Wildman–Crippen LogP) is 3.99. The molecule has 2 aromatic carbocycles.